The van der Waals surface area contributed by atoms with Gasteiger partial charge in [-0.1, -0.05) is 11.6 Å². The van der Waals surface area contributed by atoms with E-state index >= 15 is 0 Å². The highest BCUT2D eigenvalue weighted by atomic mass is 35.5. The number of ether oxygens (including phenoxy) is 2. The normalized spacial score (nSPS) is 15.2. The molecule has 0 aromatic carbocycles. The van der Waals surface area contributed by atoms with E-state index in [9.17, 15) is 9.59 Å². The molecule has 30 heavy (non-hydrogen) atoms. The lowest BCUT2D eigenvalue weighted by Crippen LogP contribution is -2.49. The first-order valence-electron chi connectivity index (χ1n) is 9.87. The van der Waals surface area contributed by atoms with Crippen molar-refractivity contribution in [1.29, 1.82) is 0 Å². The van der Waals surface area contributed by atoms with Gasteiger partial charge in [0.05, 0.1) is 35.9 Å². The molecule has 0 spiro atoms. The van der Waals surface area contributed by atoms with Crippen LogP contribution in [0.25, 0.3) is 0 Å². The summed E-state index contributed by atoms with van der Waals surface area (Å²) in [5, 5.41) is 6.68. The highest BCUT2D eigenvalue weighted by Gasteiger charge is 2.21. The van der Waals surface area contributed by atoms with Gasteiger partial charge in [-0.05, 0) is 26.0 Å². The fraction of sp³-hybridized carbons (Fsp3) is 0.500. The Morgan fingerprint density at radius 1 is 1.27 bits per heavy atom. The second-order valence-corrected chi connectivity index (χ2v) is 7.57. The number of anilines is 1. The first kappa shape index (κ1) is 22.0. The Morgan fingerprint density at radius 2 is 2.03 bits per heavy atom. The van der Waals surface area contributed by atoms with Crippen LogP contribution in [0.3, 0.4) is 0 Å². The van der Waals surface area contributed by atoms with Crippen molar-refractivity contribution in [2.24, 2.45) is 0 Å². The van der Waals surface area contributed by atoms with E-state index in [1.807, 2.05) is 24.0 Å². The molecule has 2 aromatic heterocycles. The van der Waals surface area contributed by atoms with E-state index in [1.165, 1.54) is 6.20 Å². The van der Waals surface area contributed by atoms with Gasteiger partial charge in [-0.3, -0.25) is 9.59 Å². The number of amides is 1. The molecule has 2 aromatic rings. The van der Waals surface area contributed by atoms with Gasteiger partial charge in [0.25, 0.3) is 5.56 Å². The maximum absolute atomic E-state index is 12.4. The van der Waals surface area contributed by atoms with Gasteiger partial charge in [-0.2, -0.15) is 5.10 Å². The van der Waals surface area contributed by atoms with Crippen molar-refractivity contribution in [3.05, 3.63) is 45.5 Å². The third-order valence-electron chi connectivity index (χ3n) is 4.92. The van der Waals surface area contributed by atoms with Gasteiger partial charge >= 0.3 is 0 Å². The van der Waals surface area contributed by atoms with Crippen LogP contribution in [0, 0.1) is 6.92 Å². The molecule has 0 unspecified atom stereocenters. The standard InChI is InChI=1S/C20H26ClN5O4/c1-14(13-30-17-12-23-24-20(28)15(17)2)29-10-5-19(27)26-8-6-25(7-9-26)18-4-3-16(21)11-22-18/h3-4,11-12,14H,5-10,13H2,1-2H3,(H,24,28)/t14-/m1/s1. The van der Waals surface area contributed by atoms with Crippen LogP contribution in [0.4, 0.5) is 5.82 Å². The second kappa shape index (κ2) is 10.4. The first-order valence-corrected chi connectivity index (χ1v) is 10.2. The van der Waals surface area contributed by atoms with Gasteiger partial charge in [0.15, 0.2) is 0 Å². The third-order valence-corrected chi connectivity index (χ3v) is 5.14. The van der Waals surface area contributed by atoms with Crippen LogP contribution in [0.2, 0.25) is 5.02 Å². The van der Waals surface area contributed by atoms with E-state index in [4.69, 9.17) is 21.1 Å². The lowest BCUT2D eigenvalue weighted by atomic mass is 10.2. The molecule has 162 valence electrons. The zero-order chi connectivity index (χ0) is 21.5. The number of hydrogen-bond donors (Lipinski definition) is 1. The van der Waals surface area contributed by atoms with E-state index in [0.29, 0.717) is 42.5 Å². The van der Waals surface area contributed by atoms with Crippen LogP contribution < -0.4 is 15.2 Å². The minimum Gasteiger partial charge on any atom is -0.489 e. The van der Waals surface area contributed by atoms with Crippen molar-refractivity contribution >= 4 is 23.3 Å². The number of nitrogens with one attached hydrogen (secondary N) is 1. The van der Waals surface area contributed by atoms with Gasteiger partial charge in [0.2, 0.25) is 5.91 Å². The number of aromatic amines is 1. The first-order chi connectivity index (χ1) is 14.4. The van der Waals surface area contributed by atoms with Crippen molar-refractivity contribution in [3.8, 4) is 5.75 Å². The third kappa shape index (κ3) is 5.93. The molecule has 9 nitrogen and oxygen atoms in total. The summed E-state index contributed by atoms with van der Waals surface area (Å²) in [5.74, 6) is 1.37. The van der Waals surface area contributed by atoms with Crippen molar-refractivity contribution in [1.82, 2.24) is 20.1 Å². The van der Waals surface area contributed by atoms with E-state index in [-0.39, 0.29) is 24.2 Å². The summed E-state index contributed by atoms with van der Waals surface area (Å²) in [7, 11) is 0. The number of hydrogen-bond acceptors (Lipinski definition) is 7. The highest BCUT2D eigenvalue weighted by Crippen LogP contribution is 2.16. The number of rotatable bonds is 8. The van der Waals surface area contributed by atoms with Gasteiger partial charge in [-0.15, -0.1) is 0 Å². The Bertz CT molecular complexity index is 897. The quantitative estimate of drug-likeness (QED) is 0.672. The minimum absolute atomic E-state index is 0.0708. The van der Waals surface area contributed by atoms with Crippen LogP contribution in [-0.2, 0) is 9.53 Å². The summed E-state index contributed by atoms with van der Waals surface area (Å²) < 4.78 is 11.3. The fourth-order valence-corrected chi connectivity index (χ4v) is 3.20. The van der Waals surface area contributed by atoms with Gasteiger partial charge in [0.1, 0.15) is 18.2 Å². The molecular weight excluding hydrogens is 410 g/mol. The number of H-pyrrole nitrogens is 1. The number of nitrogens with zero attached hydrogens (tertiary/aromatic N) is 4. The summed E-state index contributed by atoms with van der Waals surface area (Å²) >= 11 is 5.88. The second-order valence-electron chi connectivity index (χ2n) is 7.13. The molecular formula is C20H26ClN5O4. The molecule has 0 radical (unpaired) electrons. The highest BCUT2D eigenvalue weighted by molar-refractivity contribution is 6.30. The average molecular weight is 436 g/mol. The van der Waals surface area contributed by atoms with Crippen LogP contribution in [-0.4, -0.2) is 71.5 Å². The van der Waals surface area contributed by atoms with Crippen LogP contribution in [0.5, 0.6) is 5.75 Å². The van der Waals surface area contributed by atoms with Crippen LogP contribution in [0.1, 0.15) is 18.9 Å². The van der Waals surface area contributed by atoms with Crippen molar-refractivity contribution in [2.45, 2.75) is 26.4 Å². The van der Waals surface area contributed by atoms with Gasteiger partial charge < -0.3 is 19.3 Å². The van der Waals surface area contributed by atoms with E-state index < -0.39 is 0 Å². The molecule has 3 heterocycles. The Morgan fingerprint density at radius 3 is 2.73 bits per heavy atom. The monoisotopic (exact) mass is 435 g/mol. The zero-order valence-electron chi connectivity index (χ0n) is 17.1. The van der Waals surface area contributed by atoms with Gasteiger partial charge in [-0.25, -0.2) is 10.1 Å². The largest absolute Gasteiger partial charge is 0.489 e. The van der Waals surface area contributed by atoms with Crippen molar-refractivity contribution in [2.75, 3.05) is 44.3 Å². The maximum atomic E-state index is 12.4. The molecule has 0 aliphatic carbocycles. The summed E-state index contributed by atoms with van der Waals surface area (Å²) in [6.07, 6.45) is 3.19. The van der Waals surface area contributed by atoms with Crippen LogP contribution >= 0.6 is 11.6 Å². The number of carbonyl (C=O) groups is 1. The number of aromatic nitrogens is 3. The van der Waals surface area contributed by atoms with Crippen LogP contribution in [0.15, 0.2) is 29.3 Å². The van der Waals surface area contributed by atoms with Crippen molar-refractivity contribution in [3.63, 3.8) is 0 Å². The molecule has 0 bridgehead atoms. The molecule has 1 saturated heterocycles. The summed E-state index contributed by atoms with van der Waals surface area (Å²) in [5.41, 5.74) is 0.193. The molecule has 1 aliphatic rings. The Kier molecular flexibility index (Phi) is 7.64. The molecule has 1 fully saturated rings. The number of pyridine rings is 1. The predicted octanol–water partition coefficient (Wildman–Crippen LogP) is 1.65. The summed E-state index contributed by atoms with van der Waals surface area (Å²) in [6, 6.07) is 3.71. The molecule has 0 saturated carbocycles. The van der Waals surface area contributed by atoms with E-state index in [1.54, 1.807) is 13.1 Å². The fourth-order valence-electron chi connectivity index (χ4n) is 3.09. The smallest absolute Gasteiger partial charge is 0.270 e. The minimum atomic E-state index is -0.279. The SMILES string of the molecule is Cc1c(OC[C@@H](C)OCCC(=O)N2CCN(c3ccc(Cl)cn3)CC2)cn[nH]c1=O. The molecule has 1 N–H and O–H groups in total. The Hall–Kier alpha value is -2.65. The molecule has 1 aliphatic heterocycles. The lowest BCUT2D eigenvalue weighted by Gasteiger charge is -2.35. The maximum Gasteiger partial charge on any atom is 0.270 e. The van der Waals surface area contributed by atoms with Crippen molar-refractivity contribution < 1.29 is 14.3 Å². The number of carbonyl (C=O) groups excluding carboxylic acids is 1. The zero-order valence-corrected chi connectivity index (χ0v) is 17.9. The summed E-state index contributed by atoms with van der Waals surface area (Å²) in [4.78, 5) is 32.3. The lowest BCUT2D eigenvalue weighted by molar-refractivity contribution is -0.133. The summed E-state index contributed by atoms with van der Waals surface area (Å²) in [6.45, 7) is 6.88. The van der Waals surface area contributed by atoms with Gasteiger partial charge in [0, 0.05) is 32.4 Å². The predicted molar refractivity (Wildman–Crippen MR) is 113 cm³/mol. The topological polar surface area (TPSA) is 101 Å². The molecule has 3 rings (SSSR count). The molecule has 1 amide bonds. The number of halogens is 1. The average Bonchev–Trinajstić information content (AvgIpc) is 2.75. The Labute approximate surface area is 179 Å². The molecule has 10 heteroatoms. The molecule has 1 atom stereocenters. The number of piperazine rings is 1. The Balaban J connectivity index is 1.35. The van der Waals surface area contributed by atoms with E-state index in [2.05, 4.69) is 20.1 Å². The van der Waals surface area contributed by atoms with E-state index in [0.717, 1.165) is 18.9 Å².